The number of anilines is 1. The van der Waals surface area contributed by atoms with Crippen LogP contribution in [0.1, 0.15) is 18.1 Å². The van der Waals surface area contributed by atoms with Gasteiger partial charge in [0.25, 0.3) is 15.9 Å². The lowest BCUT2D eigenvalue weighted by Crippen LogP contribution is -2.33. The fraction of sp³-hybridized carbons (Fsp3) is 0.278. The van der Waals surface area contributed by atoms with Gasteiger partial charge in [-0.15, -0.1) is 0 Å². The van der Waals surface area contributed by atoms with E-state index < -0.39 is 16.1 Å². The Morgan fingerprint density at radius 2 is 1.60 bits per heavy atom. The zero-order chi connectivity index (χ0) is 18.6. The fourth-order valence-corrected chi connectivity index (χ4v) is 3.53. The summed E-state index contributed by atoms with van der Waals surface area (Å²) in [5.74, 6) is 0.163. The van der Waals surface area contributed by atoms with Crippen LogP contribution < -0.4 is 14.8 Å². The molecule has 1 amide bonds. The van der Waals surface area contributed by atoms with Gasteiger partial charge in [0.15, 0.2) is 6.10 Å². The number of rotatable bonds is 6. The SMILES string of the molecule is CNC(=O)[C@@H](C)Oc1ccc(S(=O)(=O)Nc2c(C)cccc2C)cc1. The zero-order valence-corrected chi connectivity index (χ0v) is 15.5. The molecule has 0 saturated carbocycles. The number of carbonyl (C=O) groups excluding carboxylic acids is 1. The molecule has 2 aromatic carbocycles. The molecule has 7 heteroatoms. The minimum atomic E-state index is -3.71. The summed E-state index contributed by atoms with van der Waals surface area (Å²) in [6, 6.07) is 11.5. The summed E-state index contributed by atoms with van der Waals surface area (Å²) in [7, 11) is -2.18. The lowest BCUT2D eigenvalue weighted by atomic mass is 10.1. The number of carbonyl (C=O) groups is 1. The fourth-order valence-electron chi connectivity index (χ4n) is 2.33. The Morgan fingerprint density at radius 1 is 1.04 bits per heavy atom. The maximum atomic E-state index is 12.6. The number of aryl methyl sites for hydroxylation is 2. The van der Waals surface area contributed by atoms with Crippen molar-refractivity contribution in [1.82, 2.24) is 5.32 Å². The topological polar surface area (TPSA) is 84.5 Å². The molecule has 0 aromatic heterocycles. The second-order valence-electron chi connectivity index (χ2n) is 5.72. The van der Waals surface area contributed by atoms with E-state index in [9.17, 15) is 13.2 Å². The molecule has 0 fully saturated rings. The number of amides is 1. The molecule has 1 atom stereocenters. The quantitative estimate of drug-likeness (QED) is 0.827. The van der Waals surface area contributed by atoms with Crippen LogP contribution in [0, 0.1) is 13.8 Å². The van der Waals surface area contributed by atoms with E-state index in [0.717, 1.165) is 11.1 Å². The molecule has 2 N–H and O–H groups in total. The zero-order valence-electron chi connectivity index (χ0n) is 14.7. The van der Waals surface area contributed by atoms with Crippen molar-refractivity contribution in [3.05, 3.63) is 53.6 Å². The third-order valence-electron chi connectivity index (χ3n) is 3.78. The summed E-state index contributed by atoms with van der Waals surface area (Å²) in [5.41, 5.74) is 2.28. The average molecular weight is 362 g/mol. The molecule has 0 heterocycles. The van der Waals surface area contributed by atoms with E-state index in [-0.39, 0.29) is 10.8 Å². The van der Waals surface area contributed by atoms with Gasteiger partial charge >= 0.3 is 0 Å². The summed E-state index contributed by atoms with van der Waals surface area (Å²) in [5, 5.41) is 2.49. The van der Waals surface area contributed by atoms with Gasteiger partial charge in [0.05, 0.1) is 10.6 Å². The second kappa shape index (κ2) is 7.57. The van der Waals surface area contributed by atoms with Crippen LogP contribution in [0.2, 0.25) is 0 Å². The van der Waals surface area contributed by atoms with Crippen LogP contribution in [0.3, 0.4) is 0 Å². The van der Waals surface area contributed by atoms with Gasteiger partial charge < -0.3 is 10.1 Å². The van der Waals surface area contributed by atoms with E-state index >= 15 is 0 Å². The largest absolute Gasteiger partial charge is 0.481 e. The number of nitrogens with one attached hydrogen (secondary N) is 2. The van der Waals surface area contributed by atoms with Crippen LogP contribution in [0.25, 0.3) is 0 Å². The van der Waals surface area contributed by atoms with Crippen LogP contribution in [0.15, 0.2) is 47.4 Å². The van der Waals surface area contributed by atoms with Crippen molar-refractivity contribution in [2.45, 2.75) is 31.8 Å². The van der Waals surface area contributed by atoms with Crippen molar-refractivity contribution in [3.63, 3.8) is 0 Å². The summed E-state index contributed by atoms with van der Waals surface area (Å²) >= 11 is 0. The van der Waals surface area contributed by atoms with Crippen molar-refractivity contribution in [3.8, 4) is 5.75 Å². The highest BCUT2D eigenvalue weighted by molar-refractivity contribution is 7.92. The molecule has 2 aromatic rings. The predicted octanol–water partition coefficient (Wildman–Crippen LogP) is 2.62. The van der Waals surface area contributed by atoms with Crippen molar-refractivity contribution >= 4 is 21.6 Å². The molecular formula is C18H22N2O4S. The molecular weight excluding hydrogens is 340 g/mol. The van der Waals surface area contributed by atoms with E-state index in [2.05, 4.69) is 10.0 Å². The molecule has 25 heavy (non-hydrogen) atoms. The molecule has 0 saturated heterocycles. The summed E-state index contributed by atoms with van der Waals surface area (Å²) in [6.45, 7) is 5.32. The Labute approximate surface area is 148 Å². The smallest absolute Gasteiger partial charge is 0.261 e. The highest BCUT2D eigenvalue weighted by Crippen LogP contribution is 2.24. The van der Waals surface area contributed by atoms with Gasteiger partial charge in [-0.1, -0.05) is 18.2 Å². The second-order valence-corrected chi connectivity index (χ2v) is 7.40. The number of likely N-dealkylation sites (N-methyl/N-ethyl adjacent to an activating group) is 1. The van der Waals surface area contributed by atoms with Gasteiger partial charge in [-0.05, 0) is 56.2 Å². The third kappa shape index (κ3) is 4.51. The minimum absolute atomic E-state index is 0.120. The first-order valence-corrected chi connectivity index (χ1v) is 9.30. The molecule has 0 unspecified atom stereocenters. The van der Waals surface area contributed by atoms with E-state index in [0.29, 0.717) is 11.4 Å². The van der Waals surface area contributed by atoms with Crippen molar-refractivity contribution in [2.75, 3.05) is 11.8 Å². The van der Waals surface area contributed by atoms with Crippen molar-refractivity contribution in [1.29, 1.82) is 0 Å². The van der Waals surface area contributed by atoms with Gasteiger partial charge in [0.1, 0.15) is 5.75 Å². The highest BCUT2D eigenvalue weighted by Gasteiger charge is 2.17. The Bertz CT molecular complexity index is 841. The lowest BCUT2D eigenvalue weighted by molar-refractivity contribution is -0.126. The molecule has 0 bridgehead atoms. The monoisotopic (exact) mass is 362 g/mol. The first-order chi connectivity index (χ1) is 11.7. The number of benzene rings is 2. The number of sulfonamides is 1. The molecule has 0 aliphatic rings. The summed E-state index contributed by atoms with van der Waals surface area (Å²) in [4.78, 5) is 11.6. The van der Waals surface area contributed by atoms with Gasteiger partial charge in [0.2, 0.25) is 0 Å². The Balaban J connectivity index is 2.19. The van der Waals surface area contributed by atoms with Crippen molar-refractivity contribution < 1.29 is 17.9 Å². The number of hydrogen-bond acceptors (Lipinski definition) is 4. The maximum Gasteiger partial charge on any atom is 0.261 e. The maximum absolute atomic E-state index is 12.6. The van der Waals surface area contributed by atoms with Crippen molar-refractivity contribution in [2.24, 2.45) is 0 Å². The number of hydrogen-bond donors (Lipinski definition) is 2. The van der Waals surface area contributed by atoms with E-state index in [1.807, 2.05) is 32.0 Å². The Morgan fingerprint density at radius 3 is 2.12 bits per heavy atom. The van der Waals surface area contributed by atoms with E-state index in [4.69, 9.17) is 4.74 Å². The molecule has 134 valence electrons. The molecule has 0 aliphatic carbocycles. The van der Waals surface area contributed by atoms with Gasteiger partial charge in [-0.25, -0.2) is 8.42 Å². The van der Waals surface area contributed by atoms with Gasteiger partial charge in [-0.2, -0.15) is 0 Å². The first kappa shape index (κ1) is 18.8. The normalized spacial score (nSPS) is 12.3. The van der Waals surface area contributed by atoms with Gasteiger partial charge in [0, 0.05) is 7.05 Å². The van der Waals surface area contributed by atoms with Crippen LogP contribution in [-0.2, 0) is 14.8 Å². The highest BCUT2D eigenvalue weighted by atomic mass is 32.2. The Hall–Kier alpha value is -2.54. The molecule has 0 spiro atoms. The third-order valence-corrected chi connectivity index (χ3v) is 5.15. The average Bonchev–Trinajstić information content (AvgIpc) is 2.58. The minimum Gasteiger partial charge on any atom is -0.481 e. The molecule has 0 aliphatic heterocycles. The Kier molecular flexibility index (Phi) is 5.69. The van der Waals surface area contributed by atoms with Crippen LogP contribution in [0.4, 0.5) is 5.69 Å². The molecule has 0 radical (unpaired) electrons. The predicted molar refractivity (Wildman–Crippen MR) is 97.3 cm³/mol. The van der Waals surface area contributed by atoms with Crippen LogP contribution in [-0.4, -0.2) is 27.5 Å². The number of ether oxygens (including phenoxy) is 1. The lowest BCUT2D eigenvalue weighted by Gasteiger charge is -2.15. The molecule has 2 rings (SSSR count). The van der Waals surface area contributed by atoms with E-state index in [1.54, 1.807) is 6.92 Å². The summed E-state index contributed by atoms with van der Waals surface area (Å²) in [6.07, 6.45) is -0.666. The first-order valence-electron chi connectivity index (χ1n) is 7.82. The standard InChI is InChI=1S/C18H22N2O4S/c1-12-6-5-7-13(2)17(12)20-25(22,23)16-10-8-15(9-11-16)24-14(3)18(21)19-4/h5-11,14,20H,1-4H3,(H,19,21)/t14-/m1/s1. The van der Waals surface area contributed by atoms with Crippen LogP contribution >= 0.6 is 0 Å². The molecule has 6 nitrogen and oxygen atoms in total. The number of para-hydroxylation sites is 1. The van der Waals surface area contributed by atoms with Gasteiger partial charge in [-0.3, -0.25) is 9.52 Å². The summed E-state index contributed by atoms with van der Waals surface area (Å²) < 4.78 is 33.2. The van der Waals surface area contributed by atoms with Crippen LogP contribution in [0.5, 0.6) is 5.75 Å². The van der Waals surface area contributed by atoms with E-state index in [1.165, 1.54) is 31.3 Å².